The number of carbonyl (C=O) groups excluding carboxylic acids is 1. The van der Waals surface area contributed by atoms with Crippen LogP contribution in [0.3, 0.4) is 0 Å². The Hall–Kier alpha value is -1.46. The van der Waals surface area contributed by atoms with E-state index in [1.54, 1.807) is 18.3 Å². The maximum atomic E-state index is 12.2. The molecule has 18 heavy (non-hydrogen) atoms. The standard InChI is InChI=1S/C13H19N3O2/c1-13(3-6-18-7-4-13)16-12(17)10-2-5-15-11(8-10)9-14/h2,5,8H,3-4,6-7,9,14H2,1H3,(H,16,17). The molecule has 1 amide bonds. The van der Waals surface area contributed by atoms with E-state index in [-0.39, 0.29) is 11.4 Å². The quantitative estimate of drug-likeness (QED) is 0.832. The summed E-state index contributed by atoms with van der Waals surface area (Å²) in [6.45, 7) is 3.78. The molecule has 0 atom stereocenters. The third-order valence-electron chi connectivity index (χ3n) is 3.30. The van der Waals surface area contributed by atoms with E-state index in [0.29, 0.717) is 25.3 Å². The number of nitrogens with two attached hydrogens (primary N) is 1. The third-order valence-corrected chi connectivity index (χ3v) is 3.30. The minimum absolute atomic E-state index is 0.0727. The number of rotatable bonds is 3. The zero-order chi connectivity index (χ0) is 13.0. The molecular formula is C13H19N3O2. The fourth-order valence-electron chi connectivity index (χ4n) is 2.02. The van der Waals surface area contributed by atoms with Crippen LogP contribution in [0.25, 0.3) is 0 Å². The molecule has 5 nitrogen and oxygen atoms in total. The fraction of sp³-hybridized carbons (Fsp3) is 0.538. The normalized spacial score (nSPS) is 18.3. The van der Waals surface area contributed by atoms with Crippen molar-refractivity contribution in [3.05, 3.63) is 29.6 Å². The van der Waals surface area contributed by atoms with Crippen molar-refractivity contribution in [2.75, 3.05) is 13.2 Å². The summed E-state index contributed by atoms with van der Waals surface area (Å²) in [6.07, 6.45) is 3.30. The van der Waals surface area contributed by atoms with Gasteiger partial charge < -0.3 is 15.8 Å². The number of aromatic nitrogens is 1. The Balaban J connectivity index is 2.06. The van der Waals surface area contributed by atoms with Gasteiger partial charge in [0.2, 0.25) is 0 Å². The Bertz CT molecular complexity index is 428. The van der Waals surface area contributed by atoms with Crippen molar-refractivity contribution in [3.63, 3.8) is 0 Å². The van der Waals surface area contributed by atoms with Crippen LogP contribution < -0.4 is 11.1 Å². The Morgan fingerprint density at radius 1 is 1.56 bits per heavy atom. The first kappa shape index (κ1) is 13.0. The van der Waals surface area contributed by atoms with Gasteiger partial charge in [-0.05, 0) is 31.9 Å². The number of carbonyl (C=O) groups is 1. The first-order chi connectivity index (χ1) is 8.63. The monoisotopic (exact) mass is 249 g/mol. The molecule has 1 aliphatic rings. The van der Waals surface area contributed by atoms with Gasteiger partial charge in [0.05, 0.1) is 5.69 Å². The van der Waals surface area contributed by atoms with E-state index >= 15 is 0 Å². The molecule has 2 heterocycles. The van der Waals surface area contributed by atoms with E-state index in [1.807, 2.05) is 0 Å². The van der Waals surface area contributed by atoms with E-state index in [0.717, 1.165) is 18.5 Å². The molecule has 1 saturated heterocycles. The molecular weight excluding hydrogens is 230 g/mol. The SMILES string of the molecule is CC1(NC(=O)c2ccnc(CN)c2)CCOCC1. The zero-order valence-electron chi connectivity index (χ0n) is 10.6. The molecule has 0 aliphatic carbocycles. The number of pyridine rings is 1. The largest absolute Gasteiger partial charge is 0.381 e. The number of amides is 1. The lowest BCUT2D eigenvalue weighted by Crippen LogP contribution is -2.49. The lowest BCUT2D eigenvalue weighted by molar-refractivity contribution is 0.0423. The minimum atomic E-state index is -0.179. The number of ether oxygens (including phenoxy) is 1. The predicted octanol–water partition coefficient (Wildman–Crippen LogP) is 0.839. The molecule has 0 aromatic carbocycles. The van der Waals surface area contributed by atoms with E-state index in [9.17, 15) is 4.79 Å². The van der Waals surface area contributed by atoms with Gasteiger partial charge in [-0.15, -0.1) is 0 Å². The van der Waals surface area contributed by atoms with Gasteiger partial charge in [-0.25, -0.2) is 0 Å². The predicted molar refractivity (Wildman–Crippen MR) is 68.1 cm³/mol. The van der Waals surface area contributed by atoms with Crippen molar-refractivity contribution >= 4 is 5.91 Å². The molecule has 1 aliphatic heterocycles. The van der Waals surface area contributed by atoms with E-state index in [4.69, 9.17) is 10.5 Å². The van der Waals surface area contributed by atoms with Crippen molar-refractivity contribution in [3.8, 4) is 0 Å². The number of hydrogen-bond donors (Lipinski definition) is 2. The molecule has 1 aromatic rings. The summed E-state index contributed by atoms with van der Waals surface area (Å²) in [4.78, 5) is 16.2. The van der Waals surface area contributed by atoms with Gasteiger partial charge in [0.15, 0.2) is 0 Å². The molecule has 0 bridgehead atoms. The first-order valence-corrected chi connectivity index (χ1v) is 6.18. The van der Waals surface area contributed by atoms with Gasteiger partial charge >= 0.3 is 0 Å². The fourth-order valence-corrected chi connectivity index (χ4v) is 2.02. The molecule has 0 unspecified atom stereocenters. The van der Waals surface area contributed by atoms with Gasteiger partial charge in [0.1, 0.15) is 0 Å². The smallest absolute Gasteiger partial charge is 0.251 e. The Morgan fingerprint density at radius 2 is 2.28 bits per heavy atom. The topological polar surface area (TPSA) is 77.2 Å². The molecule has 5 heteroatoms. The van der Waals surface area contributed by atoms with E-state index in [1.165, 1.54) is 0 Å². The van der Waals surface area contributed by atoms with Crippen LogP contribution in [0, 0.1) is 0 Å². The molecule has 3 N–H and O–H groups in total. The lowest BCUT2D eigenvalue weighted by atomic mass is 9.92. The maximum absolute atomic E-state index is 12.2. The van der Waals surface area contributed by atoms with E-state index < -0.39 is 0 Å². The average Bonchev–Trinajstić information content (AvgIpc) is 2.39. The van der Waals surface area contributed by atoms with Crippen LogP contribution in [0.4, 0.5) is 0 Å². The van der Waals surface area contributed by atoms with Crippen molar-refractivity contribution in [2.24, 2.45) is 5.73 Å². The number of nitrogens with zero attached hydrogens (tertiary/aromatic N) is 1. The van der Waals surface area contributed by atoms with Gasteiger partial charge in [-0.2, -0.15) is 0 Å². The van der Waals surface area contributed by atoms with Crippen molar-refractivity contribution < 1.29 is 9.53 Å². The maximum Gasteiger partial charge on any atom is 0.251 e. The lowest BCUT2D eigenvalue weighted by Gasteiger charge is -2.34. The molecule has 0 spiro atoms. The molecule has 98 valence electrons. The number of hydrogen-bond acceptors (Lipinski definition) is 4. The summed E-state index contributed by atoms with van der Waals surface area (Å²) >= 11 is 0. The highest BCUT2D eigenvalue weighted by molar-refractivity contribution is 5.94. The summed E-state index contributed by atoms with van der Waals surface area (Å²) in [6, 6.07) is 3.44. The highest BCUT2D eigenvalue weighted by Gasteiger charge is 2.29. The molecule has 1 aromatic heterocycles. The van der Waals surface area contributed by atoms with Gasteiger partial charge in [0.25, 0.3) is 5.91 Å². The van der Waals surface area contributed by atoms with Crippen LogP contribution in [0.15, 0.2) is 18.3 Å². The van der Waals surface area contributed by atoms with Gasteiger partial charge in [-0.1, -0.05) is 0 Å². The molecule has 2 rings (SSSR count). The Kier molecular flexibility index (Phi) is 3.93. The van der Waals surface area contributed by atoms with Crippen LogP contribution in [0.2, 0.25) is 0 Å². The van der Waals surface area contributed by atoms with Crippen molar-refractivity contribution in [1.29, 1.82) is 0 Å². The second-order valence-electron chi connectivity index (χ2n) is 4.87. The molecule has 0 radical (unpaired) electrons. The summed E-state index contributed by atoms with van der Waals surface area (Å²) in [5, 5.41) is 3.08. The van der Waals surface area contributed by atoms with Crippen LogP contribution >= 0.6 is 0 Å². The van der Waals surface area contributed by atoms with Crippen LogP contribution in [0.5, 0.6) is 0 Å². The molecule has 1 fully saturated rings. The first-order valence-electron chi connectivity index (χ1n) is 6.18. The molecule has 0 saturated carbocycles. The van der Waals surface area contributed by atoms with Crippen molar-refractivity contribution in [2.45, 2.75) is 31.8 Å². The van der Waals surface area contributed by atoms with Crippen LogP contribution in [-0.2, 0) is 11.3 Å². The summed E-state index contributed by atoms with van der Waals surface area (Å²) in [5.74, 6) is -0.0727. The van der Waals surface area contributed by atoms with Gasteiger partial charge in [-0.3, -0.25) is 9.78 Å². The Labute approximate surface area is 107 Å². The zero-order valence-corrected chi connectivity index (χ0v) is 10.6. The van der Waals surface area contributed by atoms with Crippen molar-refractivity contribution in [1.82, 2.24) is 10.3 Å². The summed E-state index contributed by atoms with van der Waals surface area (Å²) < 4.78 is 5.31. The average molecular weight is 249 g/mol. The summed E-state index contributed by atoms with van der Waals surface area (Å²) in [7, 11) is 0. The number of nitrogens with one attached hydrogen (secondary N) is 1. The minimum Gasteiger partial charge on any atom is -0.381 e. The second-order valence-corrected chi connectivity index (χ2v) is 4.87. The third kappa shape index (κ3) is 3.05. The van der Waals surface area contributed by atoms with Crippen LogP contribution in [0.1, 0.15) is 35.8 Å². The highest BCUT2D eigenvalue weighted by Crippen LogP contribution is 2.20. The highest BCUT2D eigenvalue weighted by atomic mass is 16.5. The van der Waals surface area contributed by atoms with E-state index in [2.05, 4.69) is 17.2 Å². The summed E-state index contributed by atoms with van der Waals surface area (Å²) in [5.41, 5.74) is 6.67. The van der Waals surface area contributed by atoms with Crippen LogP contribution in [-0.4, -0.2) is 29.6 Å². The van der Waals surface area contributed by atoms with Gasteiger partial charge in [0, 0.05) is 37.1 Å². The second kappa shape index (κ2) is 5.46. The Morgan fingerprint density at radius 3 is 2.94 bits per heavy atom.